The second-order valence-corrected chi connectivity index (χ2v) is 18.7. The normalized spacial score (nSPS) is 13.7. The number of anilines is 3. The summed E-state index contributed by atoms with van der Waals surface area (Å²) in [7, 11) is 0. The summed E-state index contributed by atoms with van der Waals surface area (Å²) in [4.78, 5) is 2.41. The average Bonchev–Trinajstić information content (AvgIpc) is 4.08. The molecule has 0 atom stereocenters. The minimum atomic E-state index is -0.623. The molecule has 0 bridgehead atoms. The van der Waals surface area contributed by atoms with Crippen LogP contribution in [0, 0.1) is 0 Å². The van der Waals surface area contributed by atoms with Crippen molar-refractivity contribution >= 4 is 39.0 Å². The Hall–Kier alpha value is -8.98. The van der Waals surface area contributed by atoms with Crippen LogP contribution in [0.5, 0.6) is 0 Å². The molecule has 0 aliphatic heterocycles. The van der Waals surface area contributed by atoms with Gasteiger partial charge >= 0.3 is 0 Å². The SMILES string of the molecule is c1ccc(-c2ccc(N(c3ccc4c(c3)C(c3ccccc3)(c3ccccc3)c3ccccc3-4)c3cccc4c3oc3c(C5(c6ccccc6)c6ccccc6-c6ccccc65)cccc34)cc2)cc1. The molecule has 328 valence electrons. The largest absolute Gasteiger partial charge is 0.453 e. The van der Waals surface area contributed by atoms with Crippen molar-refractivity contribution in [1.29, 1.82) is 0 Å². The maximum absolute atomic E-state index is 7.60. The van der Waals surface area contributed by atoms with Gasteiger partial charge < -0.3 is 9.32 Å². The Morgan fingerprint density at radius 1 is 0.271 bits per heavy atom. The predicted molar refractivity (Wildman–Crippen MR) is 288 cm³/mol. The van der Waals surface area contributed by atoms with E-state index in [4.69, 9.17) is 4.42 Å². The highest BCUT2D eigenvalue weighted by Gasteiger charge is 2.48. The van der Waals surface area contributed by atoms with Crippen LogP contribution in [-0.2, 0) is 10.8 Å². The van der Waals surface area contributed by atoms with E-state index in [0.29, 0.717) is 0 Å². The summed E-state index contributed by atoms with van der Waals surface area (Å²) in [5.74, 6) is 0. The van der Waals surface area contributed by atoms with Crippen molar-refractivity contribution in [1.82, 2.24) is 0 Å². The molecule has 2 aliphatic rings. The lowest BCUT2D eigenvalue weighted by Gasteiger charge is -2.35. The number of nitrogens with zero attached hydrogens (tertiary/aromatic N) is 1. The Balaban J connectivity index is 1.04. The van der Waals surface area contributed by atoms with Crippen LogP contribution in [0.3, 0.4) is 0 Å². The van der Waals surface area contributed by atoms with E-state index < -0.39 is 10.8 Å². The van der Waals surface area contributed by atoms with Gasteiger partial charge in [0.25, 0.3) is 0 Å². The van der Waals surface area contributed by atoms with E-state index in [1.165, 1.54) is 66.8 Å². The van der Waals surface area contributed by atoms with Crippen LogP contribution in [-0.4, -0.2) is 0 Å². The third-order valence-electron chi connectivity index (χ3n) is 15.2. The average molecular weight is 892 g/mol. The molecule has 0 unspecified atom stereocenters. The molecular formula is C68H45NO. The smallest absolute Gasteiger partial charge is 0.159 e. The fourth-order valence-electron chi connectivity index (χ4n) is 12.4. The van der Waals surface area contributed by atoms with Gasteiger partial charge in [-0.2, -0.15) is 0 Å². The molecule has 1 aromatic heterocycles. The van der Waals surface area contributed by atoms with Crippen molar-refractivity contribution in [3.05, 3.63) is 317 Å². The van der Waals surface area contributed by atoms with E-state index in [1.54, 1.807) is 0 Å². The van der Waals surface area contributed by atoms with E-state index in [9.17, 15) is 0 Å². The first-order valence-corrected chi connectivity index (χ1v) is 24.3. The molecular weight excluding hydrogens is 847 g/mol. The summed E-state index contributed by atoms with van der Waals surface area (Å²) in [5.41, 5.74) is 20.8. The van der Waals surface area contributed by atoms with Gasteiger partial charge in [0.15, 0.2) is 5.58 Å². The van der Waals surface area contributed by atoms with E-state index in [0.717, 1.165) is 50.1 Å². The molecule has 2 aliphatic carbocycles. The summed E-state index contributed by atoms with van der Waals surface area (Å²) in [6.45, 7) is 0. The Morgan fingerprint density at radius 3 is 1.26 bits per heavy atom. The van der Waals surface area contributed by atoms with Gasteiger partial charge in [-0.1, -0.05) is 243 Å². The summed E-state index contributed by atoms with van der Waals surface area (Å²) >= 11 is 0. The van der Waals surface area contributed by atoms with Crippen LogP contribution in [0.2, 0.25) is 0 Å². The minimum Gasteiger partial charge on any atom is -0.453 e. The Labute approximate surface area is 408 Å². The molecule has 0 saturated carbocycles. The summed E-state index contributed by atoms with van der Waals surface area (Å²) in [5, 5.41) is 2.15. The lowest BCUT2D eigenvalue weighted by Crippen LogP contribution is -2.28. The van der Waals surface area contributed by atoms with Gasteiger partial charge in [0.2, 0.25) is 0 Å². The molecule has 2 heteroatoms. The lowest BCUT2D eigenvalue weighted by molar-refractivity contribution is 0.648. The van der Waals surface area contributed by atoms with Crippen LogP contribution in [0.15, 0.2) is 277 Å². The molecule has 14 rings (SSSR count). The van der Waals surface area contributed by atoms with Crippen molar-refractivity contribution in [2.45, 2.75) is 10.8 Å². The maximum atomic E-state index is 7.60. The maximum Gasteiger partial charge on any atom is 0.159 e. The molecule has 0 fully saturated rings. The monoisotopic (exact) mass is 891 g/mol. The zero-order valence-electron chi connectivity index (χ0n) is 38.3. The van der Waals surface area contributed by atoms with Gasteiger partial charge in [-0.05, 0) is 103 Å². The molecule has 1 heterocycles. The first-order chi connectivity index (χ1) is 34.7. The van der Waals surface area contributed by atoms with E-state index in [-0.39, 0.29) is 0 Å². The fraction of sp³-hybridized carbons (Fsp3) is 0.0294. The Kier molecular flexibility index (Phi) is 9.06. The topological polar surface area (TPSA) is 16.4 Å². The molecule has 11 aromatic carbocycles. The molecule has 0 saturated heterocycles. The van der Waals surface area contributed by atoms with Gasteiger partial charge in [0.1, 0.15) is 5.58 Å². The van der Waals surface area contributed by atoms with E-state index in [1.807, 2.05) is 0 Å². The number of benzene rings is 11. The summed E-state index contributed by atoms with van der Waals surface area (Å²) in [6, 6.07) is 100. The Morgan fingerprint density at radius 2 is 0.686 bits per heavy atom. The first kappa shape index (κ1) is 40.1. The highest BCUT2D eigenvalue weighted by Crippen LogP contribution is 2.60. The van der Waals surface area contributed by atoms with Crippen LogP contribution in [0.25, 0.3) is 55.3 Å². The second-order valence-electron chi connectivity index (χ2n) is 18.7. The third-order valence-corrected chi connectivity index (χ3v) is 15.2. The van der Waals surface area contributed by atoms with Gasteiger partial charge in [0.05, 0.1) is 16.5 Å². The third kappa shape index (κ3) is 5.68. The second kappa shape index (κ2) is 15.8. The van der Waals surface area contributed by atoms with Crippen molar-refractivity contribution < 1.29 is 4.42 Å². The van der Waals surface area contributed by atoms with Crippen LogP contribution >= 0.6 is 0 Å². The van der Waals surface area contributed by atoms with Crippen LogP contribution < -0.4 is 4.90 Å². The molecule has 0 N–H and O–H groups in total. The molecule has 12 aromatic rings. The van der Waals surface area contributed by atoms with Crippen LogP contribution in [0.4, 0.5) is 17.1 Å². The zero-order valence-corrected chi connectivity index (χ0v) is 38.3. The number of hydrogen-bond donors (Lipinski definition) is 0. The molecule has 2 nitrogen and oxygen atoms in total. The van der Waals surface area contributed by atoms with E-state index in [2.05, 4.69) is 278 Å². The van der Waals surface area contributed by atoms with Crippen LogP contribution in [0.1, 0.15) is 44.5 Å². The Bertz CT molecular complexity index is 3840. The standard InChI is InChI=1S/C68H45NO/c1-5-21-46(22-6-1)47-39-41-51(42-40-47)69(52-43-44-56-55-31-13-16-34-59(55)67(63(56)45-52,48-23-7-2-8-24-48)49-25-9-3-10-26-49)64-38-20-33-58-57-32-19-37-62(65(57)70-66(58)64)68(50-27-11-4-12-28-50)60-35-17-14-29-53(60)54-30-15-18-36-61(54)68/h1-45H. The van der Waals surface area contributed by atoms with Crippen molar-refractivity contribution in [2.24, 2.45) is 0 Å². The quantitative estimate of drug-likeness (QED) is 0.151. The lowest BCUT2D eigenvalue weighted by atomic mass is 9.67. The van der Waals surface area contributed by atoms with Gasteiger partial charge in [-0.15, -0.1) is 0 Å². The van der Waals surface area contributed by atoms with Gasteiger partial charge in [-0.3, -0.25) is 0 Å². The minimum absolute atomic E-state index is 0.562. The molecule has 0 radical (unpaired) electrons. The first-order valence-electron chi connectivity index (χ1n) is 24.3. The van der Waals surface area contributed by atoms with E-state index >= 15 is 0 Å². The summed E-state index contributed by atoms with van der Waals surface area (Å²) < 4.78 is 7.60. The highest BCUT2D eigenvalue weighted by atomic mass is 16.3. The number of furan rings is 1. The molecule has 0 amide bonds. The van der Waals surface area contributed by atoms with Crippen molar-refractivity contribution in [2.75, 3.05) is 4.90 Å². The van der Waals surface area contributed by atoms with Gasteiger partial charge in [-0.25, -0.2) is 0 Å². The van der Waals surface area contributed by atoms with Gasteiger partial charge in [0, 0.05) is 27.7 Å². The number of fused-ring (bicyclic) bond motifs is 9. The number of para-hydroxylation sites is 2. The number of rotatable bonds is 8. The fourth-order valence-corrected chi connectivity index (χ4v) is 12.4. The molecule has 70 heavy (non-hydrogen) atoms. The summed E-state index contributed by atoms with van der Waals surface area (Å²) in [6.07, 6.45) is 0. The van der Waals surface area contributed by atoms with Crippen molar-refractivity contribution in [3.8, 4) is 33.4 Å². The zero-order chi connectivity index (χ0) is 46.2. The van der Waals surface area contributed by atoms with Crippen molar-refractivity contribution in [3.63, 3.8) is 0 Å². The molecule has 0 spiro atoms. The predicted octanol–water partition coefficient (Wildman–Crippen LogP) is 17.4. The highest BCUT2D eigenvalue weighted by molar-refractivity contribution is 6.12. The number of hydrogen-bond acceptors (Lipinski definition) is 2.